The maximum atomic E-state index is 6.07. The number of aromatic nitrogens is 1. The zero-order valence-corrected chi connectivity index (χ0v) is 12.5. The topological polar surface area (TPSA) is 64.1 Å². The Kier molecular flexibility index (Phi) is 3.36. The van der Waals surface area contributed by atoms with Crippen molar-refractivity contribution in [2.75, 3.05) is 11.1 Å². The molecule has 0 saturated carbocycles. The maximum absolute atomic E-state index is 6.07. The van der Waals surface area contributed by atoms with Gasteiger partial charge in [-0.25, -0.2) is 0 Å². The second-order valence-corrected chi connectivity index (χ2v) is 5.55. The number of anilines is 2. The standard InChI is InChI=1S/C15H14BrN3O/c1-9(14-3-2-6-20-14)19-15-11-7-10(16)4-5-13(11)18-8-12(15)17/h2-9H,17H2,1H3,(H,18,19). The van der Waals surface area contributed by atoms with E-state index in [2.05, 4.69) is 26.2 Å². The molecule has 1 unspecified atom stereocenters. The normalized spacial score (nSPS) is 12.5. The fraction of sp³-hybridized carbons (Fsp3) is 0.133. The van der Waals surface area contributed by atoms with Gasteiger partial charge in [-0.1, -0.05) is 15.9 Å². The van der Waals surface area contributed by atoms with Crippen molar-refractivity contribution in [2.45, 2.75) is 13.0 Å². The fourth-order valence-corrected chi connectivity index (χ4v) is 2.53. The van der Waals surface area contributed by atoms with E-state index in [0.29, 0.717) is 5.69 Å². The highest BCUT2D eigenvalue weighted by Gasteiger charge is 2.13. The van der Waals surface area contributed by atoms with Gasteiger partial charge in [-0.05, 0) is 37.3 Å². The summed E-state index contributed by atoms with van der Waals surface area (Å²) >= 11 is 3.48. The van der Waals surface area contributed by atoms with Crippen LogP contribution >= 0.6 is 15.9 Å². The summed E-state index contributed by atoms with van der Waals surface area (Å²) in [6.07, 6.45) is 3.34. The van der Waals surface area contributed by atoms with Gasteiger partial charge in [0.25, 0.3) is 0 Å². The Bertz CT molecular complexity index is 735. The number of nitrogens with zero attached hydrogens (tertiary/aromatic N) is 1. The van der Waals surface area contributed by atoms with Crippen molar-refractivity contribution in [2.24, 2.45) is 0 Å². The van der Waals surface area contributed by atoms with Crippen molar-refractivity contribution in [1.82, 2.24) is 4.98 Å². The number of nitrogens with one attached hydrogen (secondary N) is 1. The molecule has 3 N–H and O–H groups in total. The monoisotopic (exact) mass is 331 g/mol. The molecule has 0 fully saturated rings. The van der Waals surface area contributed by atoms with E-state index in [-0.39, 0.29) is 6.04 Å². The van der Waals surface area contributed by atoms with Gasteiger partial charge in [0.05, 0.1) is 35.4 Å². The predicted molar refractivity (Wildman–Crippen MR) is 84.6 cm³/mol. The molecule has 1 atom stereocenters. The second kappa shape index (κ2) is 5.17. The van der Waals surface area contributed by atoms with Crippen molar-refractivity contribution >= 4 is 38.2 Å². The number of pyridine rings is 1. The molecule has 0 saturated heterocycles. The molecule has 5 heteroatoms. The molecule has 4 nitrogen and oxygen atoms in total. The third-order valence-corrected chi connectivity index (χ3v) is 3.68. The first kappa shape index (κ1) is 13.0. The molecule has 3 aromatic rings. The van der Waals surface area contributed by atoms with Gasteiger partial charge in [-0.2, -0.15) is 0 Å². The summed E-state index contributed by atoms with van der Waals surface area (Å²) in [6.45, 7) is 2.03. The van der Waals surface area contributed by atoms with Gasteiger partial charge in [0.1, 0.15) is 5.76 Å². The van der Waals surface area contributed by atoms with Crippen LogP contribution in [0.4, 0.5) is 11.4 Å². The van der Waals surface area contributed by atoms with E-state index in [9.17, 15) is 0 Å². The van der Waals surface area contributed by atoms with E-state index >= 15 is 0 Å². The maximum Gasteiger partial charge on any atom is 0.125 e. The molecular weight excluding hydrogens is 318 g/mol. The van der Waals surface area contributed by atoms with Gasteiger partial charge in [0.2, 0.25) is 0 Å². The summed E-state index contributed by atoms with van der Waals surface area (Å²) < 4.78 is 6.41. The second-order valence-electron chi connectivity index (χ2n) is 4.63. The summed E-state index contributed by atoms with van der Waals surface area (Å²) in [7, 11) is 0. The minimum atomic E-state index is 0.0249. The van der Waals surface area contributed by atoms with Crippen LogP contribution in [0.25, 0.3) is 10.9 Å². The van der Waals surface area contributed by atoms with Gasteiger partial charge in [0, 0.05) is 9.86 Å². The Morgan fingerprint density at radius 2 is 2.20 bits per heavy atom. The van der Waals surface area contributed by atoms with E-state index in [1.54, 1.807) is 12.5 Å². The number of hydrogen-bond acceptors (Lipinski definition) is 4. The molecule has 1 aromatic carbocycles. The minimum absolute atomic E-state index is 0.0249. The van der Waals surface area contributed by atoms with E-state index in [0.717, 1.165) is 26.8 Å². The molecule has 0 bridgehead atoms. The first-order chi connectivity index (χ1) is 9.65. The van der Waals surface area contributed by atoms with E-state index in [1.165, 1.54) is 0 Å². The van der Waals surface area contributed by atoms with Crippen LogP contribution in [-0.2, 0) is 0 Å². The third kappa shape index (κ3) is 2.36. The number of halogens is 1. The quantitative estimate of drug-likeness (QED) is 0.749. The summed E-state index contributed by atoms with van der Waals surface area (Å²) in [5.74, 6) is 0.865. The van der Waals surface area contributed by atoms with E-state index in [1.807, 2.05) is 37.3 Å². The lowest BCUT2D eigenvalue weighted by Crippen LogP contribution is -2.08. The van der Waals surface area contributed by atoms with Crippen molar-refractivity contribution in [3.05, 3.63) is 53.0 Å². The van der Waals surface area contributed by atoms with Crippen molar-refractivity contribution < 1.29 is 4.42 Å². The zero-order valence-electron chi connectivity index (χ0n) is 10.9. The number of nitrogens with two attached hydrogens (primary N) is 1. The summed E-state index contributed by atoms with van der Waals surface area (Å²) in [5, 5.41) is 4.39. The summed E-state index contributed by atoms with van der Waals surface area (Å²) in [6, 6.07) is 9.77. The van der Waals surface area contributed by atoms with E-state index < -0.39 is 0 Å². The zero-order chi connectivity index (χ0) is 14.1. The minimum Gasteiger partial charge on any atom is -0.467 e. The van der Waals surface area contributed by atoms with Crippen LogP contribution in [0.2, 0.25) is 0 Å². The number of nitrogen functional groups attached to an aromatic ring is 1. The molecule has 0 radical (unpaired) electrons. The molecule has 0 spiro atoms. The molecule has 2 aromatic heterocycles. The molecule has 0 amide bonds. The molecule has 3 rings (SSSR count). The Morgan fingerprint density at radius 1 is 1.35 bits per heavy atom. The van der Waals surface area contributed by atoms with Crippen LogP contribution in [0.1, 0.15) is 18.7 Å². The SMILES string of the molecule is CC(Nc1c(N)cnc2ccc(Br)cc12)c1ccco1. The molecule has 0 aliphatic rings. The molecule has 20 heavy (non-hydrogen) atoms. The van der Waals surface area contributed by atoms with Crippen LogP contribution in [0.3, 0.4) is 0 Å². The van der Waals surface area contributed by atoms with E-state index in [4.69, 9.17) is 10.2 Å². The summed E-state index contributed by atoms with van der Waals surface area (Å²) in [4.78, 5) is 4.34. The van der Waals surface area contributed by atoms with Crippen molar-refractivity contribution in [3.8, 4) is 0 Å². The molecule has 0 aliphatic carbocycles. The van der Waals surface area contributed by atoms with Crippen LogP contribution < -0.4 is 11.1 Å². The number of fused-ring (bicyclic) bond motifs is 1. The van der Waals surface area contributed by atoms with Crippen LogP contribution in [0.5, 0.6) is 0 Å². The first-order valence-corrected chi connectivity index (χ1v) is 7.08. The average molecular weight is 332 g/mol. The fourth-order valence-electron chi connectivity index (χ4n) is 2.17. The average Bonchev–Trinajstić information content (AvgIpc) is 2.96. The van der Waals surface area contributed by atoms with Crippen LogP contribution in [0.15, 0.2) is 51.7 Å². The smallest absolute Gasteiger partial charge is 0.125 e. The highest BCUT2D eigenvalue weighted by atomic mass is 79.9. The van der Waals surface area contributed by atoms with Gasteiger partial charge in [0.15, 0.2) is 0 Å². The molecular formula is C15H14BrN3O. The predicted octanol–water partition coefficient (Wildman–Crippen LogP) is 4.35. The number of furan rings is 1. The van der Waals surface area contributed by atoms with Gasteiger partial charge in [-0.15, -0.1) is 0 Å². The van der Waals surface area contributed by atoms with Gasteiger partial charge < -0.3 is 15.5 Å². The number of hydrogen-bond donors (Lipinski definition) is 2. The van der Waals surface area contributed by atoms with Crippen LogP contribution in [0, 0.1) is 0 Å². The highest BCUT2D eigenvalue weighted by Crippen LogP contribution is 2.32. The summed E-state index contributed by atoms with van der Waals surface area (Å²) in [5.41, 5.74) is 8.46. The van der Waals surface area contributed by atoms with Crippen molar-refractivity contribution in [1.29, 1.82) is 0 Å². The molecule has 0 aliphatic heterocycles. The lowest BCUT2D eigenvalue weighted by Gasteiger charge is -2.17. The largest absolute Gasteiger partial charge is 0.467 e. The lowest BCUT2D eigenvalue weighted by atomic mass is 10.1. The molecule has 2 heterocycles. The Balaban J connectivity index is 2.06. The van der Waals surface area contributed by atoms with Crippen molar-refractivity contribution in [3.63, 3.8) is 0 Å². The number of rotatable bonds is 3. The number of benzene rings is 1. The van der Waals surface area contributed by atoms with Gasteiger partial charge in [-0.3, -0.25) is 4.98 Å². The molecule has 102 valence electrons. The Labute approximate surface area is 125 Å². The first-order valence-electron chi connectivity index (χ1n) is 6.29. The highest BCUT2D eigenvalue weighted by molar-refractivity contribution is 9.10. The third-order valence-electron chi connectivity index (χ3n) is 3.19. The van der Waals surface area contributed by atoms with Crippen LogP contribution in [-0.4, -0.2) is 4.98 Å². The lowest BCUT2D eigenvalue weighted by molar-refractivity contribution is 0.491. The van der Waals surface area contributed by atoms with Gasteiger partial charge >= 0.3 is 0 Å². The Hall–Kier alpha value is -2.01. The Morgan fingerprint density at radius 3 is 2.95 bits per heavy atom.